The van der Waals surface area contributed by atoms with Crippen LogP contribution in [0, 0.1) is 0 Å². The first kappa shape index (κ1) is 31.1. The SMILES string of the molecule is COc1ccc2c3c1O[C@H]1C(OC(=O)CC[C@H](NC(=O)OC(C)(C)C)C(=O)OC(C)(C)C)=CC[C@@]4(O)[C@@H](C2)N(C)CC[C@]314. The van der Waals surface area contributed by atoms with E-state index in [2.05, 4.69) is 10.2 Å². The molecule has 11 nitrogen and oxygen atoms in total. The number of piperidine rings is 1. The van der Waals surface area contributed by atoms with Gasteiger partial charge in [0.05, 0.1) is 18.1 Å². The zero-order valence-corrected chi connectivity index (χ0v) is 26.4. The number of benzene rings is 1. The molecule has 0 saturated carbocycles. The third kappa shape index (κ3) is 5.46. The summed E-state index contributed by atoms with van der Waals surface area (Å²) in [4.78, 5) is 40.9. The van der Waals surface area contributed by atoms with E-state index in [9.17, 15) is 19.5 Å². The van der Waals surface area contributed by atoms with Crippen LogP contribution in [-0.4, -0.2) is 83.7 Å². The number of nitrogens with zero attached hydrogens (tertiary/aromatic N) is 1. The van der Waals surface area contributed by atoms with Gasteiger partial charge in [-0.2, -0.15) is 0 Å². The van der Waals surface area contributed by atoms with Crippen LogP contribution in [0.4, 0.5) is 4.79 Å². The highest BCUT2D eigenvalue weighted by atomic mass is 16.6. The molecule has 4 aliphatic rings. The molecule has 1 amide bonds. The number of aliphatic hydroxyl groups is 1. The van der Waals surface area contributed by atoms with Crippen molar-refractivity contribution in [3.05, 3.63) is 35.1 Å². The molecule has 2 aliphatic heterocycles. The van der Waals surface area contributed by atoms with Crippen LogP contribution in [0.3, 0.4) is 0 Å². The van der Waals surface area contributed by atoms with Crippen molar-refractivity contribution in [2.75, 3.05) is 20.7 Å². The van der Waals surface area contributed by atoms with E-state index in [1.165, 1.54) is 0 Å². The Balaban J connectivity index is 1.36. The van der Waals surface area contributed by atoms with E-state index in [0.717, 1.165) is 17.7 Å². The first-order valence-corrected chi connectivity index (χ1v) is 14.9. The van der Waals surface area contributed by atoms with Crippen LogP contribution in [0.1, 0.15) is 78.4 Å². The second kappa shape index (κ2) is 10.7. The molecule has 1 saturated heterocycles. The summed E-state index contributed by atoms with van der Waals surface area (Å²) in [5, 5.41) is 14.9. The van der Waals surface area contributed by atoms with E-state index in [1.54, 1.807) is 54.7 Å². The first-order valence-electron chi connectivity index (χ1n) is 14.9. The first-order chi connectivity index (χ1) is 20.0. The van der Waals surface area contributed by atoms with Crippen molar-refractivity contribution in [3.8, 4) is 11.5 Å². The maximum Gasteiger partial charge on any atom is 0.408 e. The van der Waals surface area contributed by atoms with Crippen molar-refractivity contribution >= 4 is 18.0 Å². The Hall–Kier alpha value is -3.31. The van der Waals surface area contributed by atoms with E-state index in [1.807, 2.05) is 19.2 Å². The summed E-state index contributed by atoms with van der Waals surface area (Å²) >= 11 is 0. The van der Waals surface area contributed by atoms with Gasteiger partial charge in [0.15, 0.2) is 17.6 Å². The third-order valence-electron chi connectivity index (χ3n) is 8.81. The predicted octanol–water partition coefficient (Wildman–Crippen LogP) is 3.53. The standard InChI is InChI=1S/C32H44N2O9/c1-29(2,3)42-27(36)19(33-28(37)43-30(4,5)6)10-12-23(35)40-21-13-14-32(38)22-17-18-9-11-20(39-8)25-24(18)31(32,26(21)41-25)15-16-34(22)7/h9,11,13,19,22,26,38H,10,12,14-17H2,1-8H3,(H,33,37)/t19-,22+,26-,31-,32+/m0/s1. The lowest BCUT2D eigenvalue weighted by Crippen LogP contribution is -2.74. The summed E-state index contributed by atoms with van der Waals surface area (Å²) in [5.41, 5.74) is -1.45. The molecule has 236 valence electrons. The largest absolute Gasteiger partial charge is 0.493 e. The van der Waals surface area contributed by atoms with Crippen LogP contribution in [-0.2, 0) is 35.6 Å². The van der Waals surface area contributed by atoms with Gasteiger partial charge in [0.25, 0.3) is 0 Å². The van der Waals surface area contributed by atoms with E-state index in [0.29, 0.717) is 36.5 Å². The highest BCUT2D eigenvalue weighted by molar-refractivity contribution is 5.82. The fraction of sp³-hybridized carbons (Fsp3) is 0.656. The fourth-order valence-corrected chi connectivity index (χ4v) is 7.10. The Bertz CT molecular complexity index is 1340. The number of methoxy groups -OCH3 is 1. The van der Waals surface area contributed by atoms with Crippen LogP contribution in [0.15, 0.2) is 24.0 Å². The molecule has 0 aromatic heterocycles. The van der Waals surface area contributed by atoms with Crippen LogP contribution < -0.4 is 14.8 Å². The number of esters is 2. The molecule has 2 N–H and O–H groups in total. The van der Waals surface area contributed by atoms with Crippen LogP contribution in [0.2, 0.25) is 0 Å². The summed E-state index contributed by atoms with van der Waals surface area (Å²) in [5.74, 6) is 0.210. The lowest BCUT2D eigenvalue weighted by molar-refractivity contribution is -0.169. The van der Waals surface area contributed by atoms with E-state index < -0.39 is 52.4 Å². The van der Waals surface area contributed by atoms with Gasteiger partial charge in [-0.15, -0.1) is 0 Å². The smallest absolute Gasteiger partial charge is 0.408 e. The Morgan fingerprint density at radius 2 is 1.84 bits per heavy atom. The molecule has 43 heavy (non-hydrogen) atoms. The number of likely N-dealkylation sites (tertiary alicyclic amines) is 1. The Labute approximate surface area is 252 Å². The molecular formula is C32H44N2O9. The summed E-state index contributed by atoms with van der Waals surface area (Å²) in [6.45, 7) is 11.1. The number of ether oxygens (including phenoxy) is 5. The molecule has 1 spiro atoms. The van der Waals surface area contributed by atoms with E-state index in [-0.39, 0.29) is 18.9 Å². The number of carbonyl (C=O) groups is 3. The molecule has 0 radical (unpaired) electrons. The third-order valence-corrected chi connectivity index (χ3v) is 8.81. The Morgan fingerprint density at radius 1 is 1.14 bits per heavy atom. The molecule has 2 bridgehead atoms. The second-order valence-corrected chi connectivity index (χ2v) is 14.0. The highest BCUT2D eigenvalue weighted by Gasteiger charge is 2.72. The van der Waals surface area contributed by atoms with Gasteiger partial charge in [0.1, 0.15) is 23.0 Å². The van der Waals surface area contributed by atoms with Gasteiger partial charge < -0.3 is 39.0 Å². The summed E-state index contributed by atoms with van der Waals surface area (Å²) < 4.78 is 28.9. The van der Waals surface area contributed by atoms with Gasteiger partial charge in [-0.05, 0) is 92.1 Å². The van der Waals surface area contributed by atoms with E-state index >= 15 is 0 Å². The molecule has 2 heterocycles. The zero-order valence-electron chi connectivity index (χ0n) is 26.4. The van der Waals surface area contributed by atoms with E-state index in [4.69, 9.17) is 23.7 Å². The van der Waals surface area contributed by atoms with Crippen molar-refractivity contribution in [3.63, 3.8) is 0 Å². The molecule has 5 atom stereocenters. The van der Waals surface area contributed by atoms with Crippen molar-refractivity contribution in [2.45, 2.75) is 114 Å². The second-order valence-electron chi connectivity index (χ2n) is 14.0. The molecule has 2 aliphatic carbocycles. The number of alkyl carbamates (subject to hydrolysis) is 1. The van der Waals surface area contributed by atoms with Gasteiger partial charge in [0, 0.05) is 24.4 Å². The molecule has 1 aromatic carbocycles. The Kier molecular flexibility index (Phi) is 7.74. The quantitative estimate of drug-likeness (QED) is 0.354. The minimum Gasteiger partial charge on any atom is -0.493 e. The predicted molar refractivity (Wildman–Crippen MR) is 156 cm³/mol. The van der Waals surface area contributed by atoms with Gasteiger partial charge in [-0.3, -0.25) is 4.79 Å². The molecule has 11 heteroatoms. The lowest BCUT2D eigenvalue weighted by Gasteiger charge is -2.61. The molecule has 1 fully saturated rings. The number of amides is 1. The number of rotatable bonds is 7. The lowest BCUT2D eigenvalue weighted by atomic mass is 9.50. The average molecular weight is 601 g/mol. The summed E-state index contributed by atoms with van der Waals surface area (Å²) in [6.07, 6.45) is 1.57. The van der Waals surface area contributed by atoms with Crippen molar-refractivity contribution in [1.82, 2.24) is 10.2 Å². The van der Waals surface area contributed by atoms with Crippen LogP contribution in [0.5, 0.6) is 11.5 Å². The van der Waals surface area contributed by atoms with Gasteiger partial charge in [0.2, 0.25) is 0 Å². The topological polar surface area (TPSA) is 133 Å². The summed E-state index contributed by atoms with van der Waals surface area (Å²) in [7, 11) is 3.61. The van der Waals surface area contributed by atoms with Gasteiger partial charge >= 0.3 is 18.0 Å². The van der Waals surface area contributed by atoms with Crippen LogP contribution in [0.25, 0.3) is 0 Å². The number of hydrogen-bond donors (Lipinski definition) is 2. The fourth-order valence-electron chi connectivity index (χ4n) is 7.10. The maximum absolute atomic E-state index is 13.3. The number of nitrogens with one attached hydrogen (secondary N) is 1. The molecular weight excluding hydrogens is 556 g/mol. The highest BCUT2D eigenvalue weighted by Crippen LogP contribution is 2.65. The van der Waals surface area contributed by atoms with Gasteiger partial charge in [-0.25, -0.2) is 9.59 Å². The molecule has 1 aromatic rings. The minimum absolute atomic E-state index is 0.0636. The monoisotopic (exact) mass is 600 g/mol. The minimum atomic E-state index is -1.13. The maximum atomic E-state index is 13.3. The molecule has 5 rings (SSSR count). The zero-order chi connectivity index (χ0) is 31.5. The van der Waals surface area contributed by atoms with Gasteiger partial charge in [-0.1, -0.05) is 6.07 Å². The average Bonchev–Trinajstić information content (AvgIpc) is 3.24. The van der Waals surface area contributed by atoms with Crippen LogP contribution >= 0.6 is 0 Å². The van der Waals surface area contributed by atoms with Crippen molar-refractivity contribution in [1.29, 1.82) is 0 Å². The van der Waals surface area contributed by atoms with Crippen molar-refractivity contribution in [2.24, 2.45) is 0 Å². The number of hydrogen-bond acceptors (Lipinski definition) is 10. The number of likely N-dealkylation sites (N-methyl/N-ethyl adjacent to an activating group) is 1. The number of carbonyl (C=O) groups excluding carboxylic acids is 3. The Morgan fingerprint density at radius 3 is 2.49 bits per heavy atom. The van der Waals surface area contributed by atoms with Crippen molar-refractivity contribution < 1.29 is 43.2 Å². The molecule has 0 unspecified atom stereocenters. The summed E-state index contributed by atoms with van der Waals surface area (Å²) in [6, 6.07) is 2.67. The normalized spacial score (nSPS) is 28.1.